The fourth-order valence-corrected chi connectivity index (χ4v) is 2.75. The molecule has 1 aromatic rings. The van der Waals surface area contributed by atoms with Crippen LogP contribution in [0.1, 0.15) is 41.4 Å². The van der Waals surface area contributed by atoms with Gasteiger partial charge in [0.15, 0.2) is 0 Å². The highest BCUT2D eigenvalue weighted by atomic mass is 19.3. The number of H-pyrrole nitrogens is 1. The Kier molecular flexibility index (Phi) is 3.69. The average molecular weight is 299 g/mol. The number of carbonyl (C=O) groups is 1. The van der Waals surface area contributed by atoms with Crippen molar-refractivity contribution in [2.75, 3.05) is 26.8 Å². The zero-order chi connectivity index (χ0) is 15.0. The van der Waals surface area contributed by atoms with Crippen LogP contribution in [0.4, 0.5) is 8.78 Å². The summed E-state index contributed by atoms with van der Waals surface area (Å²) < 4.78 is 32.4. The molecule has 1 aromatic heterocycles. The highest BCUT2D eigenvalue weighted by Gasteiger charge is 2.45. The number of aromatic nitrogens is 2. The van der Waals surface area contributed by atoms with E-state index >= 15 is 0 Å². The summed E-state index contributed by atoms with van der Waals surface area (Å²) in [5, 5.41) is 6.89. The van der Waals surface area contributed by atoms with E-state index in [4.69, 9.17) is 4.74 Å². The lowest BCUT2D eigenvalue weighted by Crippen LogP contribution is -2.50. The summed E-state index contributed by atoms with van der Waals surface area (Å²) in [4.78, 5) is 13.8. The third-order valence-corrected chi connectivity index (χ3v) is 4.24. The van der Waals surface area contributed by atoms with Gasteiger partial charge in [0.2, 0.25) is 0 Å². The van der Waals surface area contributed by atoms with Crippen LogP contribution in [0.3, 0.4) is 0 Å². The molecule has 2 aliphatic rings. The van der Waals surface area contributed by atoms with E-state index in [1.807, 2.05) is 0 Å². The maximum atomic E-state index is 13.8. The molecule has 116 valence electrons. The van der Waals surface area contributed by atoms with Gasteiger partial charge in [-0.25, -0.2) is 8.78 Å². The van der Waals surface area contributed by atoms with E-state index in [0.717, 1.165) is 18.5 Å². The molecule has 5 nitrogen and oxygen atoms in total. The van der Waals surface area contributed by atoms with Crippen molar-refractivity contribution < 1.29 is 18.3 Å². The Hall–Kier alpha value is -1.50. The number of carbonyl (C=O) groups excluding carboxylic acids is 1. The average Bonchev–Trinajstić information content (AvgIpc) is 3.18. The minimum Gasteiger partial charge on any atom is -0.384 e. The van der Waals surface area contributed by atoms with Gasteiger partial charge in [-0.2, -0.15) is 5.10 Å². The third kappa shape index (κ3) is 2.92. The molecule has 2 heterocycles. The van der Waals surface area contributed by atoms with Crippen LogP contribution in [0.15, 0.2) is 6.07 Å². The van der Waals surface area contributed by atoms with Crippen LogP contribution in [-0.2, 0) is 4.74 Å². The molecule has 0 aromatic carbocycles. The van der Waals surface area contributed by atoms with Crippen molar-refractivity contribution in [2.45, 2.75) is 31.1 Å². The molecule has 1 saturated heterocycles. The summed E-state index contributed by atoms with van der Waals surface area (Å²) >= 11 is 0. The molecule has 0 spiro atoms. The van der Waals surface area contributed by atoms with Gasteiger partial charge < -0.3 is 9.64 Å². The second-order valence-corrected chi connectivity index (χ2v) is 5.90. The van der Waals surface area contributed by atoms with E-state index in [2.05, 4.69) is 10.2 Å². The molecule has 1 aliphatic carbocycles. The Morgan fingerprint density at radius 1 is 1.57 bits per heavy atom. The van der Waals surface area contributed by atoms with Crippen LogP contribution in [0.5, 0.6) is 0 Å². The Bertz CT molecular complexity index is 528. The number of likely N-dealkylation sites (tertiary alicyclic amines) is 1. The molecule has 3 rings (SSSR count). The number of aromatic amines is 1. The summed E-state index contributed by atoms with van der Waals surface area (Å²) in [5.41, 5.74) is 1.28. The van der Waals surface area contributed by atoms with E-state index in [-0.39, 0.29) is 32.0 Å². The molecule has 1 N–H and O–H groups in total. The predicted molar refractivity (Wildman–Crippen MR) is 71.4 cm³/mol. The second kappa shape index (κ2) is 5.36. The number of piperidine rings is 1. The lowest BCUT2D eigenvalue weighted by Gasteiger charge is -2.37. The van der Waals surface area contributed by atoms with Crippen LogP contribution in [0, 0.1) is 5.92 Å². The largest absolute Gasteiger partial charge is 0.384 e. The molecule has 1 unspecified atom stereocenters. The quantitative estimate of drug-likeness (QED) is 0.925. The van der Waals surface area contributed by atoms with Crippen molar-refractivity contribution in [3.8, 4) is 0 Å². The van der Waals surface area contributed by atoms with Gasteiger partial charge in [0.1, 0.15) is 5.69 Å². The van der Waals surface area contributed by atoms with Crippen LogP contribution in [0.2, 0.25) is 0 Å². The molecule has 21 heavy (non-hydrogen) atoms. The maximum absolute atomic E-state index is 13.8. The number of methoxy groups -OCH3 is 1. The fraction of sp³-hybridized carbons (Fsp3) is 0.714. The molecule has 1 amide bonds. The van der Waals surface area contributed by atoms with Gasteiger partial charge in [-0.1, -0.05) is 0 Å². The summed E-state index contributed by atoms with van der Waals surface area (Å²) in [7, 11) is 1.40. The molecular weight excluding hydrogens is 280 g/mol. The van der Waals surface area contributed by atoms with Gasteiger partial charge in [-0.05, 0) is 18.9 Å². The fourth-order valence-electron chi connectivity index (χ4n) is 2.75. The van der Waals surface area contributed by atoms with Crippen molar-refractivity contribution in [3.63, 3.8) is 0 Å². The van der Waals surface area contributed by atoms with Crippen LogP contribution in [-0.4, -0.2) is 53.7 Å². The van der Waals surface area contributed by atoms with Crippen molar-refractivity contribution in [2.24, 2.45) is 5.92 Å². The molecular formula is C14H19F2N3O2. The molecule has 0 bridgehead atoms. The normalized spacial score (nSPS) is 25.1. The lowest BCUT2D eigenvalue weighted by atomic mass is 9.94. The highest BCUT2D eigenvalue weighted by Crippen LogP contribution is 2.39. The van der Waals surface area contributed by atoms with Gasteiger partial charge in [-0.3, -0.25) is 9.89 Å². The first-order valence-corrected chi connectivity index (χ1v) is 7.22. The van der Waals surface area contributed by atoms with Crippen molar-refractivity contribution in [3.05, 3.63) is 17.5 Å². The highest BCUT2D eigenvalue weighted by molar-refractivity contribution is 5.92. The molecule has 7 heteroatoms. The predicted octanol–water partition coefficient (Wildman–Crippen LogP) is 2.03. The smallest absolute Gasteiger partial charge is 0.274 e. The van der Waals surface area contributed by atoms with E-state index in [1.165, 1.54) is 12.0 Å². The van der Waals surface area contributed by atoms with Gasteiger partial charge in [0, 0.05) is 38.2 Å². The summed E-state index contributed by atoms with van der Waals surface area (Å²) in [6.07, 6.45) is 1.90. The Morgan fingerprint density at radius 2 is 2.33 bits per heavy atom. The van der Waals surface area contributed by atoms with Crippen molar-refractivity contribution in [1.82, 2.24) is 15.1 Å². The number of ether oxygens (including phenoxy) is 1. The third-order valence-electron chi connectivity index (χ3n) is 4.24. The Morgan fingerprint density at radius 3 is 3.00 bits per heavy atom. The number of amides is 1. The number of nitrogens with zero attached hydrogens (tertiary/aromatic N) is 2. The van der Waals surface area contributed by atoms with E-state index in [9.17, 15) is 13.6 Å². The summed E-state index contributed by atoms with van der Waals surface area (Å²) in [6, 6.07) is 1.75. The lowest BCUT2D eigenvalue weighted by molar-refractivity contribution is -0.118. The zero-order valence-electron chi connectivity index (χ0n) is 11.9. The number of nitrogens with one attached hydrogen (secondary N) is 1. The van der Waals surface area contributed by atoms with E-state index in [0.29, 0.717) is 11.6 Å². The number of hydrogen-bond acceptors (Lipinski definition) is 3. The van der Waals surface area contributed by atoms with Gasteiger partial charge in [0.05, 0.1) is 12.5 Å². The van der Waals surface area contributed by atoms with Gasteiger partial charge in [0.25, 0.3) is 11.8 Å². The minimum absolute atomic E-state index is 0.00525. The van der Waals surface area contributed by atoms with Crippen LogP contribution in [0.25, 0.3) is 0 Å². The van der Waals surface area contributed by atoms with Crippen molar-refractivity contribution in [1.29, 1.82) is 0 Å². The number of hydrogen-bond donors (Lipinski definition) is 1. The summed E-state index contributed by atoms with van der Waals surface area (Å²) in [5.74, 6) is -3.54. The first kappa shape index (κ1) is 14.4. The Labute approximate surface area is 121 Å². The zero-order valence-corrected chi connectivity index (χ0v) is 11.9. The number of alkyl halides is 2. The second-order valence-electron chi connectivity index (χ2n) is 5.90. The van der Waals surface area contributed by atoms with Gasteiger partial charge in [-0.15, -0.1) is 0 Å². The van der Waals surface area contributed by atoms with E-state index in [1.54, 1.807) is 6.07 Å². The Balaban J connectivity index is 1.69. The van der Waals surface area contributed by atoms with Crippen molar-refractivity contribution >= 4 is 5.91 Å². The van der Waals surface area contributed by atoms with Crippen LogP contribution >= 0.6 is 0 Å². The molecule has 1 saturated carbocycles. The maximum Gasteiger partial charge on any atom is 0.274 e. The minimum atomic E-state index is -2.78. The number of rotatable bonds is 4. The molecule has 0 radical (unpaired) electrons. The monoisotopic (exact) mass is 299 g/mol. The molecule has 1 atom stereocenters. The standard InChI is InChI=1S/C14H19F2N3O2/c1-21-8-10-7-19(5-4-14(10,15)16)13(20)12-6-11(17-18-12)9-2-3-9/h6,9-10H,2-5,7-8H2,1H3,(H,17,18). The van der Waals surface area contributed by atoms with E-state index < -0.39 is 11.8 Å². The first-order chi connectivity index (χ1) is 10.0. The molecule has 2 fully saturated rings. The molecule has 1 aliphatic heterocycles. The van der Waals surface area contributed by atoms with Crippen LogP contribution < -0.4 is 0 Å². The van der Waals surface area contributed by atoms with Gasteiger partial charge >= 0.3 is 0 Å². The number of halogens is 2. The summed E-state index contributed by atoms with van der Waals surface area (Å²) in [6.45, 7) is 0.00757. The SMILES string of the molecule is COCC1CN(C(=O)c2cc(C3CC3)[nH]n2)CCC1(F)F. The first-order valence-electron chi connectivity index (χ1n) is 7.22. The topological polar surface area (TPSA) is 58.2 Å².